The number of nitrogens with zero attached hydrogens (tertiary/aromatic N) is 1. The number of pyridine rings is 1. The molecule has 1 N–H and O–H groups in total. The molecule has 0 bridgehead atoms. The van der Waals surface area contributed by atoms with Crippen molar-refractivity contribution in [2.24, 2.45) is 0 Å². The van der Waals surface area contributed by atoms with E-state index in [1.54, 1.807) is 19.1 Å². The zero-order chi connectivity index (χ0) is 17.6. The molecule has 5 nitrogen and oxygen atoms in total. The SMILES string of the molecule is CCOc1ncccc1C(=O)Nc1ccc(OCC(F)(F)F)cc1. The maximum absolute atomic E-state index is 12.2. The van der Waals surface area contributed by atoms with Gasteiger partial charge in [0.2, 0.25) is 5.88 Å². The molecule has 128 valence electrons. The lowest BCUT2D eigenvalue weighted by Gasteiger charge is -2.11. The molecule has 0 aliphatic rings. The molecule has 0 atom stereocenters. The monoisotopic (exact) mass is 340 g/mol. The van der Waals surface area contributed by atoms with Gasteiger partial charge in [-0.05, 0) is 43.3 Å². The lowest BCUT2D eigenvalue weighted by Crippen LogP contribution is -2.19. The van der Waals surface area contributed by atoms with E-state index in [9.17, 15) is 18.0 Å². The summed E-state index contributed by atoms with van der Waals surface area (Å²) in [6.45, 7) is 0.769. The van der Waals surface area contributed by atoms with Gasteiger partial charge in [0.05, 0.1) is 6.61 Å². The molecule has 1 amide bonds. The summed E-state index contributed by atoms with van der Waals surface area (Å²) in [6.07, 6.45) is -2.89. The van der Waals surface area contributed by atoms with Gasteiger partial charge in [-0.1, -0.05) is 0 Å². The Morgan fingerprint density at radius 1 is 1.17 bits per heavy atom. The maximum Gasteiger partial charge on any atom is 0.422 e. The van der Waals surface area contributed by atoms with Crippen molar-refractivity contribution < 1.29 is 27.4 Å². The molecule has 0 radical (unpaired) electrons. The molecule has 8 heteroatoms. The quantitative estimate of drug-likeness (QED) is 0.871. The molecule has 0 unspecified atom stereocenters. The minimum absolute atomic E-state index is 0.0571. The molecule has 24 heavy (non-hydrogen) atoms. The number of rotatable bonds is 6. The van der Waals surface area contributed by atoms with E-state index in [1.807, 2.05) is 0 Å². The molecular weight excluding hydrogens is 325 g/mol. The van der Waals surface area contributed by atoms with Crippen molar-refractivity contribution in [1.82, 2.24) is 4.98 Å². The summed E-state index contributed by atoms with van der Waals surface area (Å²) in [6, 6.07) is 8.74. The molecule has 0 saturated heterocycles. The maximum atomic E-state index is 12.2. The highest BCUT2D eigenvalue weighted by Gasteiger charge is 2.28. The van der Waals surface area contributed by atoms with E-state index in [4.69, 9.17) is 4.74 Å². The minimum Gasteiger partial charge on any atom is -0.484 e. The molecule has 0 spiro atoms. The summed E-state index contributed by atoms with van der Waals surface area (Å²) in [7, 11) is 0. The van der Waals surface area contributed by atoms with Crippen molar-refractivity contribution in [2.45, 2.75) is 13.1 Å². The van der Waals surface area contributed by atoms with Crippen LogP contribution in [0, 0.1) is 0 Å². The fourth-order valence-electron chi connectivity index (χ4n) is 1.81. The summed E-state index contributed by atoms with van der Waals surface area (Å²) in [5.41, 5.74) is 0.669. The van der Waals surface area contributed by atoms with Crippen LogP contribution in [0.1, 0.15) is 17.3 Å². The van der Waals surface area contributed by atoms with Crippen LogP contribution in [0.4, 0.5) is 18.9 Å². The van der Waals surface area contributed by atoms with Crippen molar-refractivity contribution >= 4 is 11.6 Å². The lowest BCUT2D eigenvalue weighted by molar-refractivity contribution is -0.153. The molecule has 1 aromatic heterocycles. The minimum atomic E-state index is -4.40. The lowest BCUT2D eigenvalue weighted by atomic mass is 10.2. The standard InChI is InChI=1S/C16H15F3N2O3/c1-2-23-15-13(4-3-9-20-15)14(22)21-11-5-7-12(8-6-11)24-10-16(17,18)19/h3-9H,2,10H2,1H3,(H,21,22). The first kappa shape index (κ1) is 17.6. The van der Waals surface area contributed by atoms with Gasteiger partial charge >= 0.3 is 6.18 Å². The Balaban J connectivity index is 2.02. The van der Waals surface area contributed by atoms with Crippen LogP contribution in [0.15, 0.2) is 42.6 Å². The third-order valence-corrected chi connectivity index (χ3v) is 2.81. The number of hydrogen-bond donors (Lipinski definition) is 1. The summed E-state index contributed by atoms with van der Waals surface area (Å²) in [5, 5.41) is 2.62. The Kier molecular flexibility index (Phi) is 5.62. The molecule has 2 rings (SSSR count). The fraction of sp³-hybridized carbons (Fsp3) is 0.250. The van der Waals surface area contributed by atoms with Gasteiger partial charge in [0, 0.05) is 11.9 Å². The highest BCUT2D eigenvalue weighted by atomic mass is 19.4. The molecule has 0 aliphatic carbocycles. The van der Waals surface area contributed by atoms with Crippen LogP contribution in [0.2, 0.25) is 0 Å². The molecule has 0 aliphatic heterocycles. The molecule has 0 fully saturated rings. The topological polar surface area (TPSA) is 60.5 Å². The summed E-state index contributed by atoms with van der Waals surface area (Å²) in [5.74, 6) is -0.167. The highest BCUT2D eigenvalue weighted by molar-refractivity contribution is 6.05. The molecule has 2 aromatic rings. The van der Waals surface area contributed by atoms with Crippen LogP contribution in [-0.4, -0.2) is 30.3 Å². The largest absolute Gasteiger partial charge is 0.484 e. The normalized spacial score (nSPS) is 11.0. The zero-order valence-electron chi connectivity index (χ0n) is 12.8. The Labute approximate surface area is 136 Å². The number of carbonyl (C=O) groups is 1. The number of hydrogen-bond acceptors (Lipinski definition) is 4. The highest BCUT2D eigenvalue weighted by Crippen LogP contribution is 2.21. The van der Waals surface area contributed by atoms with Crippen LogP contribution < -0.4 is 14.8 Å². The zero-order valence-corrected chi connectivity index (χ0v) is 12.8. The third kappa shape index (κ3) is 5.15. The second kappa shape index (κ2) is 7.67. The summed E-state index contributed by atoms with van der Waals surface area (Å²) >= 11 is 0. The van der Waals surface area contributed by atoms with Gasteiger partial charge in [-0.15, -0.1) is 0 Å². The van der Waals surface area contributed by atoms with Crippen LogP contribution in [0.25, 0.3) is 0 Å². The van der Waals surface area contributed by atoms with E-state index < -0.39 is 18.7 Å². The smallest absolute Gasteiger partial charge is 0.422 e. The van der Waals surface area contributed by atoms with Crippen molar-refractivity contribution in [1.29, 1.82) is 0 Å². The number of aromatic nitrogens is 1. The Morgan fingerprint density at radius 3 is 2.50 bits per heavy atom. The van der Waals surface area contributed by atoms with Crippen LogP contribution in [0.5, 0.6) is 11.6 Å². The average Bonchev–Trinajstić information content (AvgIpc) is 2.54. The van der Waals surface area contributed by atoms with Gasteiger partial charge in [-0.25, -0.2) is 4.98 Å². The van der Waals surface area contributed by atoms with Gasteiger partial charge in [0.15, 0.2) is 6.61 Å². The van der Waals surface area contributed by atoms with E-state index in [0.717, 1.165) is 0 Å². The first-order valence-corrected chi connectivity index (χ1v) is 7.08. The first-order valence-electron chi connectivity index (χ1n) is 7.08. The van der Waals surface area contributed by atoms with E-state index in [1.165, 1.54) is 30.5 Å². The molecule has 0 saturated carbocycles. The van der Waals surface area contributed by atoms with Crippen LogP contribution in [-0.2, 0) is 0 Å². The predicted molar refractivity (Wildman–Crippen MR) is 81.4 cm³/mol. The van der Waals surface area contributed by atoms with Crippen LogP contribution >= 0.6 is 0 Å². The number of benzene rings is 1. The number of amides is 1. The number of halogens is 3. The number of ether oxygens (including phenoxy) is 2. The Hall–Kier alpha value is -2.77. The van der Waals surface area contributed by atoms with Gasteiger partial charge in [-0.2, -0.15) is 13.2 Å². The van der Waals surface area contributed by atoms with Gasteiger partial charge in [0.1, 0.15) is 11.3 Å². The summed E-state index contributed by atoms with van der Waals surface area (Å²) in [4.78, 5) is 16.2. The van der Waals surface area contributed by atoms with Crippen molar-refractivity contribution in [3.8, 4) is 11.6 Å². The van der Waals surface area contributed by atoms with Crippen molar-refractivity contribution in [3.63, 3.8) is 0 Å². The second-order valence-corrected chi connectivity index (χ2v) is 4.67. The Morgan fingerprint density at radius 2 is 1.88 bits per heavy atom. The predicted octanol–water partition coefficient (Wildman–Crippen LogP) is 3.67. The number of anilines is 1. The number of nitrogens with one attached hydrogen (secondary N) is 1. The number of carbonyl (C=O) groups excluding carboxylic acids is 1. The van der Waals surface area contributed by atoms with E-state index in [-0.39, 0.29) is 17.2 Å². The van der Waals surface area contributed by atoms with E-state index in [2.05, 4.69) is 15.0 Å². The van der Waals surface area contributed by atoms with E-state index >= 15 is 0 Å². The first-order chi connectivity index (χ1) is 11.4. The van der Waals surface area contributed by atoms with Crippen LogP contribution in [0.3, 0.4) is 0 Å². The van der Waals surface area contributed by atoms with Gasteiger partial charge in [0.25, 0.3) is 5.91 Å². The summed E-state index contributed by atoms with van der Waals surface area (Å²) < 4.78 is 46.1. The average molecular weight is 340 g/mol. The van der Waals surface area contributed by atoms with Crippen molar-refractivity contribution in [2.75, 3.05) is 18.5 Å². The van der Waals surface area contributed by atoms with Gasteiger partial charge < -0.3 is 14.8 Å². The van der Waals surface area contributed by atoms with Crippen molar-refractivity contribution in [3.05, 3.63) is 48.2 Å². The van der Waals surface area contributed by atoms with E-state index in [0.29, 0.717) is 12.3 Å². The second-order valence-electron chi connectivity index (χ2n) is 4.67. The molecule has 1 aromatic carbocycles. The Bertz CT molecular complexity index is 688. The third-order valence-electron chi connectivity index (χ3n) is 2.81. The fourth-order valence-corrected chi connectivity index (χ4v) is 1.81. The molecular formula is C16H15F3N2O3. The number of alkyl halides is 3. The molecule has 1 heterocycles. The van der Waals surface area contributed by atoms with Gasteiger partial charge in [-0.3, -0.25) is 4.79 Å².